The molecule has 0 bridgehead atoms. The van der Waals surface area contributed by atoms with E-state index in [-0.39, 0.29) is 0 Å². The summed E-state index contributed by atoms with van der Waals surface area (Å²) in [4.78, 5) is 0. The van der Waals surface area contributed by atoms with Gasteiger partial charge in [-0.1, -0.05) is 164 Å². The molecule has 0 heteroatoms. The van der Waals surface area contributed by atoms with E-state index < -0.39 is 0 Å². The summed E-state index contributed by atoms with van der Waals surface area (Å²) in [5, 5.41) is 10.1. The Morgan fingerprint density at radius 3 is 1.26 bits per heavy atom. The van der Waals surface area contributed by atoms with Gasteiger partial charge in [0, 0.05) is 0 Å². The molecule has 0 saturated carbocycles. The van der Waals surface area contributed by atoms with E-state index in [1.165, 1.54) is 87.6 Å². The Morgan fingerprint density at radius 2 is 0.630 bits per heavy atom. The van der Waals surface area contributed by atoms with Gasteiger partial charge in [-0.3, -0.25) is 0 Å². The lowest BCUT2D eigenvalue weighted by Crippen LogP contribution is -1.92. The Bertz CT molecular complexity index is 2520. The van der Waals surface area contributed by atoms with E-state index in [0.717, 1.165) is 0 Å². The standard InChI is InChI=1S/C46H30/c1-2-13-32(14-3-1)39-16-6-7-17-40(39)46-43-20-10-8-18-41(43)45(42-19-9-11-21-44(42)46)38-27-26-36-29-35(24-25-37(36)30-38)34-23-22-31-12-4-5-15-33(31)28-34/h1-30H. The highest BCUT2D eigenvalue weighted by Crippen LogP contribution is 2.46. The third-order valence-corrected chi connectivity index (χ3v) is 9.42. The van der Waals surface area contributed by atoms with Crippen LogP contribution < -0.4 is 0 Å². The van der Waals surface area contributed by atoms with Gasteiger partial charge in [-0.15, -0.1) is 0 Å². The highest BCUT2D eigenvalue weighted by atomic mass is 14.2. The van der Waals surface area contributed by atoms with Gasteiger partial charge in [-0.25, -0.2) is 0 Å². The fourth-order valence-corrected chi connectivity index (χ4v) is 7.25. The zero-order chi connectivity index (χ0) is 30.5. The van der Waals surface area contributed by atoms with Gasteiger partial charge >= 0.3 is 0 Å². The molecule has 0 heterocycles. The minimum Gasteiger partial charge on any atom is -0.0622 e. The summed E-state index contributed by atoms with van der Waals surface area (Å²) < 4.78 is 0. The van der Waals surface area contributed by atoms with Gasteiger partial charge in [-0.2, -0.15) is 0 Å². The zero-order valence-electron chi connectivity index (χ0n) is 25.3. The van der Waals surface area contributed by atoms with Crippen molar-refractivity contribution in [1.82, 2.24) is 0 Å². The Kier molecular flexibility index (Phi) is 6.25. The van der Waals surface area contributed by atoms with Crippen molar-refractivity contribution in [2.45, 2.75) is 0 Å². The zero-order valence-corrected chi connectivity index (χ0v) is 25.3. The minimum absolute atomic E-state index is 1.23. The first-order valence-corrected chi connectivity index (χ1v) is 15.9. The highest BCUT2D eigenvalue weighted by Gasteiger charge is 2.19. The van der Waals surface area contributed by atoms with Crippen LogP contribution in [0.15, 0.2) is 182 Å². The van der Waals surface area contributed by atoms with Crippen LogP contribution in [0.5, 0.6) is 0 Å². The first-order chi connectivity index (χ1) is 22.8. The Morgan fingerprint density at radius 1 is 0.217 bits per heavy atom. The van der Waals surface area contributed by atoms with E-state index >= 15 is 0 Å². The second-order valence-electron chi connectivity index (χ2n) is 12.1. The number of hydrogen-bond acceptors (Lipinski definition) is 0. The van der Waals surface area contributed by atoms with Crippen LogP contribution in [0, 0.1) is 0 Å². The summed E-state index contributed by atoms with van der Waals surface area (Å²) in [6.07, 6.45) is 0. The van der Waals surface area contributed by atoms with Crippen molar-refractivity contribution >= 4 is 43.1 Å². The smallest absolute Gasteiger partial charge is 0.00201 e. The summed E-state index contributed by atoms with van der Waals surface area (Å²) in [6, 6.07) is 66.5. The van der Waals surface area contributed by atoms with Crippen molar-refractivity contribution in [3.05, 3.63) is 182 Å². The third kappa shape index (κ3) is 4.38. The van der Waals surface area contributed by atoms with Gasteiger partial charge in [0.1, 0.15) is 0 Å². The van der Waals surface area contributed by atoms with E-state index in [2.05, 4.69) is 182 Å². The Balaban J connectivity index is 1.24. The summed E-state index contributed by atoms with van der Waals surface area (Å²) in [5.41, 5.74) is 10.0. The van der Waals surface area contributed by atoms with Crippen LogP contribution in [0.1, 0.15) is 0 Å². The van der Waals surface area contributed by atoms with Crippen molar-refractivity contribution in [2.75, 3.05) is 0 Å². The van der Waals surface area contributed by atoms with Crippen LogP contribution in [0.4, 0.5) is 0 Å². The minimum atomic E-state index is 1.23. The quantitative estimate of drug-likeness (QED) is 0.181. The molecule has 0 aliphatic carbocycles. The van der Waals surface area contributed by atoms with Gasteiger partial charge < -0.3 is 0 Å². The van der Waals surface area contributed by atoms with Crippen molar-refractivity contribution in [2.24, 2.45) is 0 Å². The third-order valence-electron chi connectivity index (χ3n) is 9.42. The second kappa shape index (κ2) is 10.9. The molecule has 0 unspecified atom stereocenters. The lowest BCUT2D eigenvalue weighted by molar-refractivity contribution is 1.61. The first kappa shape index (κ1) is 26.4. The lowest BCUT2D eigenvalue weighted by Gasteiger charge is -2.20. The molecule has 0 aliphatic heterocycles. The number of benzene rings is 9. The fraction of sp³-hybridized carbons (Fsp3) is 0. The molecule has 0 aromatic heterocycles. The van der Waals surface area contributed by atoms with Crippen LogP contribution in [-0.4, -0.2) is 0 Å². The molecule has 0 amide bonds. The second-order valence-corrected chi connectivity index (χ2v) is 12.1. The largest absolute Gasteiger partial charge is 0.0622 e. The maximum absolute atomic E-state index is 2.37. The first-order valence-electron chi connectivity index (χ1n) is 15.9. The van der Waals surface area contributed by atoms with Gasteiger partial charge in [0.05, 0.1) is 0 Å². The summed E-state index contributed by atoms with van der Waals surface area (Å²) >= 11 is 0. The molecule has 214 valence electrons. The van der Waals surface area contributed by atoms with E-state index in [1.807, 2.05) is 0 Å². The molecule has 46 heavy (non-hydrogen) atoms. The summed E-state index contributed by atoms with van der Waals surface area (Å²) in [6.45, 7) is 0. The molecule has 0 atom stereocenters. The number of rotatable bonds is 4. The Hall–Kier alpha value is -5.98. The molecule has 9 aromatic rings. The predicted octanol–water partition coefficient (Wildman–Crippen LogP) is 13.0. The molecule has 0 nitrogen and oxygen atoms in total. The van der Waals surface area contributed by atoms with Gasteiger partial charge in [0.15, 0.2) is 0 Å². The van der Waals surface area contributed by atoms with Crippen molar-refractivity contribution in [3.63, 3.8) is 0 Å². The lowest BCUT2D eigenvalue weighted by atomic mass is 9.83. The molecule has 9 rings (SSSR count). The molecular weight excluding hydrogens is 553 g/mol. The highest BCUT2D eigenvalue weighted by molar-refractivity contribution is 6.22. The molecule has 0 fully saturated rings. The molecule has 9 aromatic carbocycles. The van der Waals surface area contributed by atoms with E-state index in [9.17, 15) is 0 Å². The van der Waals surface area contributed by atoms with Crippen molar-refractivity contribution < 1.29 is 0 Å². The van der Waals surface area contributed by atoms with Gasteiger partial charge in [0.25, 0.3) is 0 Å². The molecule has 0 spiro atoms. The molecule has 0 N–H and O–H groups in total. The number of hydrogen-bond donors (Lipinski definition) is 0. The Labute approximate surface area is 268 Å². The van der Waals surface area contributed by atoms with Crippen LogP contribution >= 0.6 is 0 Å². The van der Waals surface area contributed by atoms with E-state index in [4.69, 9.17) is 0 Å². The van der Waals surface area contributed by atoms with Crippen LogP contribution in [0.3, 0.4) is 0 Å². The predicted molar refractivity (Wildman–Crippen MR) is 198 cm³/mol. The summed E-state index contributed by atoms with van der Waals surface area (Å²) in [7, 11) is 0. The van der Waals surface area contributed by atoms with Crippen LogP contribution in [-0.2, 0) is 0 Å². The maximum atomic E-state index is 2.37. The molecule has 0 radical (unpaired) electrons. The summed E-state index contributed by atoms with van der Waals surface area (Å²) in [5.74, 6) is 0. The maximum Gasteiger partial charge on any atom is -0.00201 e. The average molecular weight is 583 g/mol. The topological polar surface area (TPSA) is 0 Å². The molecular formula is C46H30. The molecule has 0 saturated heterocycles. The number of fused-ring (bicyclic) bond motifs is 4. The van der Waals surface area contributed by atoms with Crippen molar-refractivity contribution in [1.29, 1.82) is 0 Å². The van der Waals surface area contributed by atoms with Gasteiger partial charge in [0.2, 0.25) is 0 Å². The van der Waals surface area contributed by atoms with E-state index in [0.29, 0.717) is 0 Å². The molecule has 0 aliphatic rings. The monoisotopic (exact) mass is 582 g/mol. The van der Waals surface area contributed by atoms with Gasteiger partial charge in [-0.05, 0) is 106 Å². The normalized spacial score (nSPS) is 11.5. The van der Waals surface area contributed by atoms with E-state index in [1.54, 1.807) is 0 Å². The fourth-order valence-electron chi connectivity index (χ4n) is 7.25. The SMILES string of the molecule is c1ccc(-c2ccccc2-c2c3ccccc3c(-c3ccc4cc(-c5ccc6ccccc6c5)ccc4c3)c3ccccc23)cc1. The van der Waals surface area contributed by atoms with Crippen LogP contribution in [0.2, 0.25) is 0 Å². The average Bonchev–Trinajstić information content (AvgIpc) is 3.13. The van der Waals surface area contributed by atoms with Crippen LogP contribution in [0.25, 0.3) is 87.6 Å². The van der Waals surface area contributed by atoms with Crippen molar-refractivity contribution in [3.8, 4) is 44.5 Å².